The van der Waals surface area contributed by atoms with E-state index in [0.29, 0.717) is 29.7 Å². The molecule has 1 N–H and O–H groups in total. The van der Waals surface area contributed by atoms with E-state index in [1.165, 1.54) is 6.92 Å². The van der Waals surface area contributed by atoms with Gasteiger partial charge in [-0.1, -0.05) is 33.3 Å². The summed E-state index contributed by atoms with van der Waals surface area (Å²) in [6, 6.07) is 0. The van der Waals surface area contributed by atoms with E-state index in [0.717, 1.165) is 37.7 Å². The molecule has 6 rings (SSSR count). The Morgan fingerprint density at radius 3 is 2.59 bits per heavy atom. The van der Waals surface area contributed by atoms with E-state index < -0.39 is 23.1 Å². The zero-order valence-electron chi connectivity index (χ0n) is 24.2. The van der Waals surface area contributed by atoms with Crippen LogP contribution in [0.25, 0.3) is 0 Å². The van der Waals surface area contributed by atoms with Crippen LogP contribution in [0.5, 0.6) is 0 Å². The Balaban J connectivity index is 1.25. The SMILES string of the molecule is CC(=O)OCC1=C(C)CC(C(C)C2CCC3C4CC5OC56C(O)C=CC(=O)C6(C(C)C)C4CCC23C)OC1=O. The van der Waals surface area contributed by atoms with Crippen LogP contribution in [-0.4, -0.2) is 53.3 Å². The van der Waals surface area contributed by atoms with Gasteiger partial charge in [-0.3, -0.25) is 9.59 Å². The molecule has 1 saturated heterocycles. The molecule has 39 heavy (non-hydrogen) atoms. The van der Waals surface area contributed by atoms with Crippen LogP contribution in [0.1, 0.15) is 80.1 Å². The topological polar surface area (TPSA) is 102 Å². The third-order valence-corrected chi connectivity index (χ3v) is 12.3. The number of ketones is 1. The van der Waals surface area contributed by atoms with Gasteiger partial charge >= 0.3 is 11.9 Å². The average molecular weight is 541 g/mol. The van der Waals surface area contributed by atoms with Crippen molar-refractivity contribution in [2.75, 3.05) is 6.61 Å². The molecule has 1 spiro atoms. The molecule has 0 aromatic rings. The molecule has 214 valence electrons. The first-order valence-corrected chi connectivity index (χ1v) is 15.0. The summed E-state index contributed by atoms with van der Waals surface area (Å²) in [6.07, 6.45) is 8.08. The minimum atomic E-state index is -0.753. The number of hydrogen-bond acceptors (Lipinski definition) is 7. The Labute approximate surface area is 231 Å². The molecule has 4 aliphatic carbocycles. The lowest BCUT2D eigenvalue weighted by Crippen LogP contribution is -2.67. The molecule has 7 nitrogen and oxygen atoms in total. The van der Waals surface area contributed by atoms with Crippen molar-refractivity contribution in [3.63, 3.8) is 0 Å². The van der Waals surface area contributed by atoms with Gasteiger partial charge in [0.25, 0.3) is 0 Å². The number of ether oxygens (including phenoxy) is 3. The summed E-state index contributed by atoms with van der Waals surface area (Å²) in [7, 11) is 0. The first-order chi connectivity index (χ1) is 18.4. The quantitative estimate of drug-likeness (QED) is 0.403. The zero-order chi connectivity index (χ0) is 28.1. The van der Waals surface area contributed by atoms with Gasteiger partial charge in [-0.15, -0.1) is 0 Å². The van der Waals surface area contributed by atoms with Crippen LogP contribution < -0.4 is 0 Å². The summed E-state index contributed by atoms with van der Waals surface area (Å²) in [6.45, 7) is 12.2. The highest BCUT2D eigenvalue weighted by Crippen LogP contribution is 2.74. The van der Waals surface area contributed by atoms with Crippen LogP contribution in [-0.2, 0) is 28.6 Å². The lowest BCUT2D eigenvalue weighted by atomic mass is 9.41. The molecule has 6 aliphatic rings. The van der Waals surface area contributed by atoms with E-state index in [4.69, 9.17) is 14.2 Å². The fourth-order valence-electron chi connectivity index (χ4n) is 10.7. The van der Waals surface area contributed by atoms with Gasteiger partial charge in [0.1, 0.15) is 24.4 Å². The predicted molar refractivity (Wildman–Crippen MR) is 143 cm³/mol. The van der Waals surface area contributed by atoms with Gasteiger partial charge in [-0.05, 0) is 92.1 Å². The van der Waals surface area contributed by atoms with Gasteiger partial charge in [0, 0.05) is 13.3 Å². The number of aliphatic hydroxyl groups excluding tert-OH is 1. The minimum Gasteiger partial charge on any atom is -0.461 e. The van der Waals surface area contributed by atoms with E-state index in [-0.39, 0.29) is 53.7 Å². The lowest BCUT2D eigenvalue weighted by Gasteiger charge is -2.60. The summed E-state index contributed by atoms with van der Waals surface area (Å²) < 4.78 is 17.5. The van der Waals surface area contributed by atoms with Gasteiger partial charge in [0.05, 0.1) is 17.1 Å². The molecule has 7 heteroatoms. The second kappa shape index (κ2) is 9.01. The largest absolute Gasteiger partial charge is 0.461 e. The maximum Gasteiger partial charge on any atom is 0.337 e. The number of carbonyl (C=O) groups is 3. The highest BCUT2D eigenvalue weighted by Gasteiger charge is 2.82. The highest BCUT2D eigenvalue weighted by molar-refractivity contribution is 5.98. The maximum absolute atomic E-state index is 13.8. The first kappa shape index (κ1) is 27.2. The Morgan fingerprint density at radius 1 is 1.18 bits per heavy atom. The molecule has 2 aliphatic heterocycles. The number of allylic oxidation sites excluding steroid dienone is 1. The van der Waals surface area contributed by atoms with Crippen LogP contribution in [0.15, 0.2) is 23.3 Å². The molecule has 0 aromatic carbocycles. The Morgan fingerprint density at radius 2 is 1.92 bits per heavy atom. The molecular formula is C32H44O7. The third-order valence-electron chi connectivity index (χ3n) is 12.3. The summed E-state index contributed by atoms with van der Waals surface area (Å²) in [5.41, 5.74) is 0.0912. The average Bonchev–Trinajstić information content (AvgIpc) is 3.49. The fourth-order valence-corrected chi connectivity index (χ4v) is 10.7. The second-order valence-corrected chi connectivity index (χ2v) is 14.0. The zero-order valence-corrected chi connectivity index (χ0v) is 24.2. The van der Waals surface area contributed by atoms with Gasteiger partial charge in [-0.25, -0.2) is 4.79 Å². The van der Waals surface area contributed by atoms with E-state index in [2.05, 4.69) is 27.7 Å². The number of rotatable bonds is 5. The van der Waals surface area contributed by atoms with Gasteiger partial charge < -0.3 is 19.3 Å². The molecule has 11 atom stereocenters. The number of esters is 2. The molecule has 0 radical (unpaired) electrons. The van der Waals surface area contributed by atoms with Crippen molar-refractivity contribution in [2.45, 2.75) is 104 Å². The van der Waals surface area contributed by atoms with E-state index in [1.807, 2.05) is 6.92 Å². The Hall–Kier alpha value is -1.99. The standard InChI is InChI=1S/C32H44O7/c1-16(2)31-24-11-12-30(6)22(18(4)25-13-17(3)21(29(36)38-25)15-37-19(5)33)7-8-23(30)20(24)14-28-32(31,39-28)27(35)10-9-26(31)34/h9-10,16,18,20,22-25,27-28,35H,7-8,11-15H2,1-6H3. The van der Waals surface area contributed by atoms with Crippen molar-refractivity contribution in [3.05, 3.63) is 23.3 Å². The number of fused-ring (bicyclic) bond motifs is 4. The van der Waals surface area contributed by atoms with Crippen molar-refractivity contribution < 1.29 is 33.7 Å². The highest BCUT2D eigenvalue weighted by atomic mass is 16.6. The Kier molecular flexibility index (Phi) is 6.28. The van der Waals surface area contributed by atoms with Crippen molar-refractivity contribution in [3.8, 4) is 0 Å². The van der Waals surface area contributed by atoms with E-state index >= 15 is 0 Å². The summed E-state index contributed by atoms with van der Waals surface area (Å²) >= 11 is 0. The first-order valence-electron chi connectivity index (χ1n) is 15.0. The van der Waals surface area contributed by atoms with Crippen LogP contribution in [0.4, 0.5) is 0 Å². The maximum atomic E-state index is 13.8. The third kappa shape index (κ3) is 3.51. The molecule has 0 amide bonds. The monoisotopic (exact) mass is 540 g/mol. The van der Waals surface area contributed by atoms with Crippen molar-refractivity contribution >= 4 is 17.7 Å². The number of carbonyl (C=O) groups excluding carboxylic acids is 3. The predicted octanol–water partition coefficient (Wildman–Crippen LogP) is 4.56. The molecule has 11 unspecified atom stereocenters. The molecule has 0 aromatic heterocycles. The summed E-state index contributed by atoms with van der Waals surface area (Å²) in [5.74, 6) is 1.14. The van der Waals surface area contributed by atoms with E-state index in [9.17, 15) is 19.5 Å². The van der Waals surface area contributed by atoms with Crippen molar-refractivity contribution in [1.29, 1.82) is 0 Å². The van der Waals surface area contributed by atoms with Crippen LogP contribution >= 0.6 is 0 Å². The fraction of sp³-hybridized carbons (Fsp3) is 0.781. The van der Waals surface area contributed by atoms with E-state index in [1.54, 1.807) is 12.2 Å². The smallest absolute Gasteiger partial charge is 0.337 e. The number of aliphatic hydroxyl groups is 1. The molecule has 2 heterocycles. The van der Waals surface area contributed by atoms with Crippen molar-refractivity contribution in [2.24, 2.45) is 46.3 Å². The minimum absolute atomic E-state index is 0.0294. The molecule has 0 bridgehead atoms. The number of epoxide rings is 1. The summed E-state index contributed by atoms with van der Waals surface area (Å²) in [5, 5.41) is 11.1. The van der Waals surface area contributed by atoms with Gasteiger partial charge in [0.15, 0.2) is 5.78 Å². The lowest BCUT2D eigenvalue weighted by molar-refractivity contribution is -0.165. The van der Waals surface area contributed by atoms with Crippen LogP contribution in [0.2, 0.25) is 0 Å². The van der Waals surface area contributed by atoms with Crippen molar-refractivity contribution in [1.82, 2.24) is 0 Å². The number of hydrogen-bond donors (Lipinski definition) is 1. The second-order valence-electron chi connectivity index (χ2n) is 14.0. The number of cyclic esters (lactones) is 1. The summed E-state index contributed by atoms with van der Waals surface area (Å²) in [4.78, 5) is 37.9. The molecular weight excluding hydrogens is 496 g/mol. The molecule has 4 fully saturated rings. The molecule has 3 saturated carbocycles. The Bertz CT molecular complexity index is 1150. The van der Waals surface area contributed by atoms with Gasteiger partial charge in [0.2, 0.25) is 0 Å². The van der Waals surface area contributed by atoms with Crippen LogP contribution in [0, 0.1) is 46.3 Å². The normalized spacial score (nSPS) is 47.1. The van der Waals surface area contributed by atoms with Crippen LogP contribution in [0.3, 0.4) is 0 Å². The van der Waals surface area contributed by atoms with Gasteiger partial charge in [-0.2, -0.15) is 0 Å².